The smallest absolute Gasteiger partial charge is 0.271 e. The molecular weight excluding hydrogens is 370 g/mol. The maximum absolute atomic E-state index is 12.9. The summed E-state index contributed by atoms with van der Waals surface area (Å²) in [7, 11) is -3.91. The molecular formula is C18H23N3O5S. The quantitative estimate of drug-likeness (QED) is 0.573. The zero-order chi connectivity index (χ0) is 19.6. The lowest BCUT2D eigenvalue weighted by atomic mass is 10.1. The minimum Gasteiger partial charge on any atom is -0.468 e. The maximum Gasteiger partial charge on any atom is 0.271 e. The zero-order valence-corrected chi connectivity index (χ0v) is 16.2. The Balaban J connectivity index is 1.86. The van der Waals surface area contributed by atoms with Gasteiger partial charge in [-0.3, -0.25) is 15.0 Å². The lowest BCUT2D eigenvalue weighted by molar-refractivity contribution is -0.385. The number of furan rings is 1. The average Bonchev–Trinajstić information content (AvgIpc) is 3.31. The Hall–Kier alpha value is -2.23. The highest BCUT2D eigenvalue weighted by Gasteiger charge is 2.29. The van der Waals surface area contributed by atoms with E-state index in [0.717, 1.165) is 32.0 Å². The number of non-ortho nitro benzene ring substituents is 1. The van der Waals surface area contributed by atoms with Crippen molar-refractivity contribution in [1.29, 1.82) is 0 Å². The van der Waals surface area contributed by atoms with Crippen molar-refractivity contribution in [1.82, 2.24) is 9.62 Å². The summed E-state index contributed by atoms with van der Waals surface area (Å²) in [4.78, 5) is 12.7. The third-order valence-corrected chi connectivity index (χ3v) is 6.57. The molecule has 0 radical (unpaired) electrons. The van der Waals surface area contributed by atoms with Gasteiger partial charge in [0, 0.05) is 18.7 Å². The zero-order valence-electron chi connectivity index (χ0n) is 15.3. The second-order valence-corrected chi connectivity index (χ2v) is 8.50. The molecule has 1 aromatic carbocycles. The van der Waals surface area contributed by atoms with Gasteiger partial charge in [0.05, 0.1) is 22.1 Å². The number of hydrogen-bond donors (Lipinski definition) is 1. The highest BCUT2D eigenvalue weighted by Crippen LogP contribution is 2.28. The molecule has 1 atom stereocenters. The minimum atomic E-state index is -3.91. The number of nitrogens with one attached hydrogen (secondary N) is 1. The van der Waals surface area contributed by atoms with Gasteiger partial charge in [0.1, 0.15) is 5.76 Å². The van der Waals surface area contributed by atoms with E-state index in [1.807, 2.05) is 6.07 Å². The van der Waals surface area contributed by atoms with Crippen LogP contribution in [0.1, 0.15) is 35.8 Å². The van der Waals surface area contributed by atoms with Gasteiger partial charge in [-0.2, -0.15) is 0 Å². The number of aryl methyl sites for hydroxylation is 1. The molecule has 0 spiro atoms. The summed E-state index contributed by atoms with van der Waals surface area (Å²) in [6.45, 7) is 5.20. The highest BCUT2D eigenvalue weighted by molar-refractivity contribution is 7.89. The number of likely N-dealkylation sites (tertiary alicyclic amines) is 1. The monoisotopic (exact) mass is 393 g/mol. The Morgan fingerprint density at radius 1 is 1.30 bits per heavy atom. The molecule has 0 bridgehead atoms. The van der Waals surface area contributed by atoms with E-state index in [9.17, 15) is 18.5 Å². The third kappa shape index (κ3) is 4.20. The van der Waals surface area contributed by atoms with Crippen molar-refractivity contribution in [2.75, 3.05) is 19.6 Å². The van der Waals surface area contributed by atoms with Crippen LogP contribution >= 0.6 is 0 Å². The Morgan fingerprint density at radius 3 is 2.59 bits per heavy atom. The molecule has 0 aliphatic carbocycles. The van der Waals surface area contributed by atoms with Crippen molar-refractivity contribution in [3.05, 3.63) is 57.5 Å². The standard InChI is InChI=1S/C18H23N3O5S/c1-13-10-15(21(22)23)11-18(14(13)2)27(24,25)19-12-16(17-6-5-9-26-17)20-7-3-4-8-20/h5-6,9-11,16,19H,3-4,7-8,12H2,1-2H3. The topological polar surface area (TPSA) is 106 Å². The molecule has 1 N–H and O–H groups in total. The molecule has 1 unspecified atom stereocenters. The maximum atomic E-state index is 12.9. The summed E-state index contributed by atoms with van der Waals surface area (Å²) in [5.74, 6) is 0.701. The van der Waals surface area contributed by atoms with Crippen LogP contribution in [0.3, 0.4) is 0 Å². The fraction of sp³-hybridized carbons (Fsp3) is 0.444. The van der Waals surface area contributed by atoms with E-state index in [1.54, 1.807) is 26.2 Å². The fourth-order valence-electron chi connectivity index (χ4n) is 3.40. The molecule has 1 aromatic heterocycles. The Bertz CT molecular complexity index is 919. The van der Waals surface area contributed by atoms with Crippen molar-refractivity contribution < 1.29 is 17.8 Å². The van der Waals surface area contributed by atoms with Gasteiger partial charge in [-0.25, -0.2) is 13.1 Å². The van der Waals surface area contributed by atoms with Gasteiger partial charge in [-0.15, -0.1) is 0 Å². The van der Waals surface area contributed by atoms with Gasteiger partial charge < -0.3 is 4.42 Å². The predicted octanol–water partition coefficient (Wildman–Crippen LogP) is 2.92. The Morgan fingerprint density at radius 2 is 2.00 bits per heavy atom. The molecule has 9 heteroatoms. The molecule has 2 heterocycles. The van der Waals surface area contributed by atoms with Crippen molar-refractivity contribution in [3.8, 4) is 0 Å². The van der Waals surface area contributed by atoms with E-state index in [0.29, 0.717) is 16.9 Å². The first-order valence-electron chi connectivity index (χ1n) is 8.82. The van der Waals surface area contributed by atoms with Crippen molar-refractivity contribution in [2.24, 2.45) is 0 Å². The number of rotatable bonds is 7. The Kier molecular flexibility index (Phi) is 5.64. The van der Waals surface area contributed by atoms with E-state index in [1.165, 1.54) is 6.07 Å². The SMILES string of the molecule is Cc1cc([N+](=O)[O-])cc(S(=O)(=O)NCC(c2ccco2)N2CCCC2)c1C. The summed E-state index contributed by atoms with van der Waals surface area (Å²) in [5.41, 5.74) is 0.830. The van der Waals surface area contributed by atoms with E-state index < -0.39 is 14.9 Å². The molecule has 8 nitrogen and oxygen atoms in total. The number of hydrogen-bond acceptors (Lipinski definition) is 6. The summed E-state index contributed by atoms with van der Waals surface area (Å²) in [6.07, 6.45) is 3.70. The first-order valence-corrected chi connectivity index (χ1v) is 10.3. The molecule has 146 valence electrons. The van der Waals surface area contributed by atoms with Gasteiger partial charge in [-0.1, -0.05) is 0 Å². The van der Waals surface area contributed by atoms with Crippen LogP contribution < -0.4 is 4.72 Å². The van der Waals surface area contributed by atoms with Crippen LogP contribution in [-0.2, 0) is 10.0 Å². The van der Waals surface area contributed by atoms with Crippen LogP contribution in [0.15, 0.2) is 39.8 Å². The highest BCUT2D eigenvalue weighted by atomic mass is 32.2. The van der Waals surface area contributed by atoms with Gasteiger partial charge >= 0.3 is 0 Å². The van der Waals surface area contributed by atoms with Gasteiger partial charge in [0.15, 0.2) is 0 Å². The van der Waals surface area contributed by atoms with Crippen molar-refractivity contribution in [3.63, 3.8) is 0 Å². The summed E-state index contributed by atoms with van der Waals surface area (Å²) in [6, 6.07) is 5.89. The number of nitro benzene ring substituents is 1. The lowest BCUT2D eigenvalue weighted by Crippen LogP contribution is -2.36. The van der Waals surface area contributed by atoms with Crippen molar-refractivity contribution >= 4 is 15.7 Å². The fourth-order valence-corrected chi connectivity index (χ4v) is 4.78. The van der Waals surface area contributed by atoms with Crippen LogP contribution in [0.2, 0.25) is 0 Å². The molecule has 1 saturated heterocycles. The van der Waals surface area contributed by atoms with E-state index in [-0.39, 0.29) is 23.2 Å². The lowest BCUT2D eigenvalue weighted by Gasteiger charge is -2.26. The second kappa shape index (κ2) is 7.79. The van der Waals surface area contributed by atoms with Crippen LogP contribution in [0.5, 0.6) is 0 Å². The van der Waals surface area contributed by atoms with E-state index in [2.05, 4.69) is 9.62 Å². The van der Waals surface area contributed by atoms with Crippen LogP contribution in [0, 0.1) is 24.0 Å². The normalized spacial score (nSPS) is 16.5. The van der Waals surface area contributed by atoms with E-state index in [4.69, 9.17) is 4.42 Å². The van der Waals surface area contributed by atoms with Crippen LogP contribution in [-0.4, -0.2) is 37.9 Å². The molecule has 0 amide bonds. The van der Waals surface area contributed by atoms with Gasteiger partial charge in [-0.05, 0) is 63.0 Å². The summed E-state index contributed by atoms with van der Waals surface area (Å²) in [5, 5.41) is 11.1. The first kappa shape index (κ1) is 19.5. The van der Waals surface area contributed by atoms with Crippen molar-refractivity contribution in [2.45, 2.75) is 37.6 Å². The van der Waals surface area contributed by atoms with Gasteiger partial charge in [0.2, 0.25) is 10.0 Å². The van der Waals surface area contributed by atoms with Gasteiger partial charge in [0.25, 0.3) is 5.69 Å². The van der Waals surface area contributed by atoms with Crippen LogP contribution in [0.25, 0.3) is 0 Å². The number of sulfonamides is 1. The average molecular weight is 393 g/mol. The second-order valence-electron chi connectivity index (χ2n) is 6.77. The van der Waals surface area contributed by atoms with E-state index >= 15 is 0 Å². The minimum absolute atomic E-state index is 0.0613. The Labute approximate surface area is 158 Å². The number of nitrogens with zero attached hydrogens (tertiary/aromatic N) is 2. The molecule has 1 aliphatic heterocycles. The molecule has 1 aliphatic rings. The summed E-state index contributed by atoms with van der Waals surface area (Å²) < 4.78 is 33.9. The summed E-state index contributed by atoms with van der Waals surface area (Å²) >= 11 is 0. The predicted molar refractivity (Wildman–Crippen MR) is 100 cm³/mol. The number of benzene rings is 1. The number of nitro groups is 1. The van der Waals surface area contributed by atoms with Crippen LogP contribution in [0.4, 0.5) is 5.69 Å². The first-order chi connectivity index (χ1) is 12.8. The molecule has 0 saturated carbocycles. The largest absolute Gasteiger partial charge is 0.468 e. The molecule has 2 aromatic rings. The third-order valence-electron chi connectivity index (χ3n) is 5.02. The molecule has 27 heavy (non-hydrogen) atoms. The molecule has 3 rings (SSSR count). The molecule has 1 fully saturated rings.